The SMILES string of the molecule is CCOCCCNC(=NCc1nnc(C)n1C)NCC(O)c1ccc(OC(F)F)cc1. The number of ether oxygens (including phenoxy) is 2. The third-order valence-electron chi connectivity index (χ3n) is 4.48. The van der Waals surface area contributed by atoms with E-state index in [1.807, 2.05) is 25.5 Å². The number of nitrogens with zero attached hydrogens (tertiary/aromatic N) is 4. The van der Waals surface area contributed by atoms with Gasteiger partial charge in [-0.15, -0.1) is 10.2 Å². The smallest absolute Gasteiger partial charge is 0.387 e. The zero-order chi connectivity index (χ0) is 22.6. The zero-order valence-electron chi connectivity index (χ0n) is 18.0. The summed E-state index contributed by atoms with van der Waals surface area (Å²) in [4.78, 5) is 4.51. The van der Waals surface area contributed by atoms with Gasteiger partial charge in [0.2, 0.25) is 0 Å². The number of rotatable bonds is 12. The predicted molar refractivity (Wildman–Crippen MR) is 112 cm³/mol. The van der Waals surface area contributed by atoms with Crippen LogP contribution in [-0.4, -0.2) is 58.7 Å². The molecule has 0 aliphatic carbocycles. The van der Waals surface area contributed by atoms with Gasteiger partial charge in [-0.25, -0.2) is 4.99 Å². The molecule has 0 fully saturated rings. The fourth-order valence-corrected chi connectivity index (χ4v) is 2.62. The molecule has 0 aliphatic rings. The van der Waals surface area contributed by atoms with Crippen LogP contribution in [-0.2, 0) is 18.3 Å². The van der Waals surface area contributed by atoms with Crippen molar-refractivity contribution in [2.75, 3.05) is 26.3 Å². The van der Waals surface area contributed by atoms with Gasteiger partial charge in [-0.3, -0.25) is 0 Å². The highest BCUT2D eigenvalue weighted by molar-refractivity contribution is 5.79. The third kappa shape index (κ3) is 8.46. The summed E-state index contributed by atoms with van der Waals surface area (Å²) in [6, 6.07) is 5.86. The maximum Gasteiger partial charge on any atom is 0.387 e. The van der Waals surface area contributed by atoms with Gasteiger partial charge in [-0.05, 0) is 38.0 Å². The molecule has 2 rings (SSSR count). The molecule has 0 spiro atoms. The molecule has 9 nitrogen and oxygen atoms in total. The molecular weight excluding hydrogens is 410 g/mol. The largest absolute Gasteiger partial charge is 0.435 e. The molecule has 1 atom stereocenters. The highest BCUT2D eigenvalue weighted by Gasteiger charge is 2.11. The van der Waals surface area contributed by atoms with Crippen molar-refractivity contribution in [1.29, 1.82) is 0 Å². The Labute approximate surface area is 180 Å². The van der Waals surface area contributed by atoms with Gasteiger partial charge in [0.15, 0.2) is 11.8 Å². The summed E-state index contributed by atoms with van der Waals surface area (Å²) >= 11 is 0. The van der Waals surface area contributed by atoms with E-state index in [2.05, 4.69) is 30.6 Å². The van der Waals surface area contributed by atoms with Crippen LogP contribution in [0.25, 0.3) is 0 Å². The molecule has 0 bridgehead atoms. The minimum Gasteiger partial charge on any atom is -0.435 e. The standard InChI is InChI=1S/C20H30F2N6O3/c1-4-30-11-5-10-23-20(25-13-18-27-26-14(2)28(18)3)24-12-17(29)15-6-8-16(9-7-15)31-19(21)22/h6-9,17,19,29H,4-5,10-13H2,1-3H3,(H2,23,24,25). The van der Waals surface area contributed by atoms with E-state index in [9.17, 15) is 13.9 Å². The number of aliphatic imine (C=N–C) groups is 1. The van der Waals surface area contributed by atoms with Gasteiger partial charge in [0.25, 0.3) is 0 Å². The first kappa shape index (κ1) is 24.5. The van der Waals surface area contributed by atoms with E-state index >= 15 is 0 Å². The Bertz CT molecular complexity index is 814. The van der Waals surface area contributed by atoms with Crippen LogP contribution >= 0.6 is 0 Å². The monoisotopic (exact) mass is 440 g/mol. The van der Waals surface area contributed by atoms with E-state index in [-0.39, 0.29) is 12.3 Å². The van der Waals surface area contributed by atoms with E-state index in [0.717, 1.165) is 12.2 Å². The third-order valence-corrected chi connectivity index (χ3v) is 4.48. The molecule has 31 heavy (non-hydrogen) atoms. The summed E-state index contributed by atoms with van der Waals surface area (Å²) < 4.78 is 36.0. The Hall–Kier alpha value is -2.79. The second-order valence-corrected chi connectivity index (χ2v) is 6.71. The molecular formula is C20H30F2N6O3. The Kier molecular flexibility index (Phi) is 10.1. The summed E-state index contributed by atoms with van der Waals surface area (Å²) in [7, 11) is 1.87. The van der Waals surface area contributed by atoms with Crippen LogP contribution in [0.15, 0.2) is 29.3 Å². The summed E-state index contributed by atoms with van der Waals surface area (Å²) in [6.45, 7) is 3.34. The number of aliphatic hydroxyl groups excluding tert-OH is 1. The molecule has 1 aromatic carbocycles. The predicted octanol–water partition coefficient (Wildman–Crippen LogP) is 1.92. The van der Waals surface area contributed by atoms with Gasteiger partial charge >= 0.3 is 6.61 Å². The first-order chi connectivity index (χ1) is 14.9. The molecule has 2 aromatic rings. The highest BCUT2D eigenvalue weighted by atomic mass is 19.3. The van der Waals surface area contributed by atoms with Crippen LogP contribution in [0.4, 0.5) is 8.78 Å². The van der Waals surface area contributed by atoms with Crippen molar-refractivity contribution >= 4 is 5.96 Å². The lowest BCUT2D eigenvalue weighted by Gasteiger charge is -2.16. The first-order valence-electron chi connectivity index (χ1n) is 10.1. The van der Waals surface area contributed by atoms with Gasteiger partial charge in [-0.1, -0.05) is 12.1 Å². The van der Waals surface area contributed by atoms with Crippen LogP contribution in [0.3, 0.4) is 0 Å². The molecule has 3 N–H and O–H groups in total. The molecule has 0 aliphatic heterocycles. The van der Waals surface area contributed by atoms with Crippen LogP contribution in [0, 0.1) is 6.92 Å². The minimum absolute atomic E-state index is 0.0381. The fraction of sp³-hybridized carbons (Fsp3) is 0.550. The minimum atomic E-state index is -2.89. The van der Waals surface area contributed by atoms with E-state index in [1.54, 1.807) is 12.1 Å². The Morgan fingerprint density at radius 1 is 1.23 bits per heavy atom. The summed E-state index contributed by atoms with van der Waals surface area (Å²) in [5, 5.41) is 24.8. The Balaban J connectivity index is 1.95. The average Bonchev–Trinajstić information content (AvgIpc) is 3.07. The average molecular weight is 440 g/mol. The summed E-state index contributed by atoms with van der Waals surface area (Å²) in [5.41, 5.74) is 0.564. The highest BCUT2D eigenvalue weighted by Crippen LogP contribution is 2.19. The molecule has 1 heterocycles. The molecule has 0 radical (unpaired) electrons. The summed E-state index contributed by atoms with van der Waals surface area (Å²) in [5.74, 6) is 2.05. The topological polar surface area (TPSA) is 106 Å². The maximum absolute atomic E-state index is 12.3. The fourth-order valence-electron chi connectivity index (χ4n) is 2.62. The lowest BCUT2D eigenvalue weighted by Crippen LogP contribution is -2.40. The normalized spacial score (nSPS) is 12.8. The molecule has 11 heteroatoms. The molecule has 0 amide bonds. The molecule has 1 aromatic heterocycles. The van der Waals surface area contributed by atoms with E-state index in [0.29, 0.717) is 43.7 Å². The number of aliphatic hydroxyl groups is 1. The number of nitrogens with one attached hydrogen (secondary N) is 2. The first-order valence-corrected chi connectivity index (χ1v) is 10.1. The van der Waals surface area contributed by atoms with Crippen molar-refractivity contribution in [2.24, 2.45) is 12.0 Å². The summed E-state index contributed by atoms with van der Waals surface area (Å²) in [6.07, 6.45) is -0.0701. The van der Waals surface area contributed by atoms with Crippen molar-refractivity contribution in [3.8, 4) is 5.75 Å². The number of alkyl halides is 2. The maximum atomic E-state index is 12.3. The van der Waals surface area contributed by atoms with Crippen LogP contribution in [0.2, 0.25) is 0 Å². The Morgan fingerprint density at radius 2 is 1.97 bits per heavy atom. The Morgan fingerprint density at radius 3 is 2.58 bits per heavy atom. The number of guanidine groups is 1. The lowest BCUT2D eigenvalue weighted by molar-refractivity contribution is -0.0498. The van der Waals surface area contributed by atoms with Gasteiger partial charge in [0.05, 0.1) is 6.10 Å². The van der Waals surface area contributed by atoms with Crippen molar-refractivity contribution in [2.45, 2.75) is 39.5 Å². The quantitative estimate of drug-likeness (QED) is 0.263. The number of hydrogen-bond donors (Lipinski definition) is 3. The van der Waals surface area contributed by atoms with Crippen molar-refractivity contribution in [3.05, 3.63) is 41.5 Å². The second-order valence-electron chi connectivity index (χ2n) is 6.71. The van der Waals surface area contributed by atoms with E-state index in [1.165, 1.54) is 12.1 Å². The number of aromatic nitrogens is 3. The molecule has 1 unspecified atom stereocenters. The number of halogens is 2. The van der Waals surface area contributed by atoms with Crippen molar-refractivity contribution in [1.82, 2.24) is 25.4 Å². The molecule has 0 saturated carbocycles. The van der Waals surface area contributed by atoms with E-state index < -0.39 is 12.7 Å². The van der Waals surface area contributed by atoms with Crippen molar-refractivity contribution < 1.29 is 23.4 Å². The van der Waals surface area contributed by atoms with Gasteiger partial charge in [0, 0.05) is 33.4 Å². The second kappa shape index (κ2) is 12.8. The van der Waals surface area contributed by atoms with Crippen LogP contribution in [0.5, 0.6) is 5.75 Å². The number of benzene rings is 1. The lowest BCUT2D eigenvalue weighted by atomic mass is 10.1. The van der Waals surface area contributed by atoms with Crippen LogP contribution in [0.1, 0.15) is 36.7 Å². The van der Waals surface area contributed by atoms with Crippen molar-refractivity contribution in [3.63, 3.8) is 0 Å². The molecule has 0 saturated heterocycles. The zero-order valence-corrected chi connectivity index (χ0v) is 18.0. The number of hydrogen-bond acceptors (Lipinski definition) is 6. The van der Waals surface area contributed by atoms with Gasteiger partial charge in [0.1, 0.15) is 18.1 Å². The van der Waals surface area contributed by atoms with E-state index in [4.69, 9.17) is 4.74 Å². The number of aryl methyl sites for hydroxylation is 1. The van der Waals surface area contributed by atoms with Gasteiger partial charge in [-0.2, -0.15) is 8.78 Å². The molecule has 172 valence electrons. The van der Waals surface area contributed by atoms with Crippen LogP contribution < -0.4 is 15.4 Å². The van der Waals surface area contributed by atoms with Gasteiger partial charge < -0.3 is 29.8 Å².